The van der Waals surface area contributed by atoms with E-state index in [2.05, 4.69) is 20.8 Å². The molecule has 0 saturated heterocycles. The molecular formula is C16H12ClFN4OS. The second-order valence-electron chi connectivity index (χ2n) is 4.83. The number of nitrogens with zero attached hydrogens (tertiary/aromatic N) is 2. The molecule has 1 aromatic heterocycles. The van der Waals surface area contributed by atoms with Crippen molar-refractivity contribution in [1.29, 1.82) is 0 Å². The number of thiocarbonyl (C=S) groups is 1. The highest BCUT2D eigenvalue weighted by Crippen LogP contribution is 2.18. The lowest BCUT2D eigenvalue weighted by Crippen LogP contribution is -2.27. The van der Waals surface area contributed by atoms with Gasteiger partial charge in [0.1, 0.15) is 5.82 Å². The first-order valence-corrected chi connectivity index (χ1v) is 7.78. The van der Waals surface area contributed by atoms with E-state index in [0.717, 1.165) is 5.56 Å². The van der Waals surface area contributed by atoms with Crippen molar-refractivity contribution in [2.75, 3.05) is 5.32 Å². The van der Waals surface area contributed by atoms with Gasteiger partial charge < -0.3 is 15.2 Å². The molecule has 0 bridgehead atoms. The van der Waals surface area contributed by atoms with E-state index < -0.39 is 0 Å². The van der Waals surface area contributed by atoms with E-state index in [1.165, 1.54) is 12.1 Å². The SMILES string of the molecule is Fc1ccc(NC(=S)NCc2nc(-c3ccc(Cl)cc3)no2)cc1. The fourth-order valence-corrected chi connectivity index (χ4v) is 2.22. The number of benzene rings is 2. The fourth-order valence-electron chi connectivity index (χ4n) is 1.91. The molecule has 0 amide bonds. The van der Waals surface area contributed by atoms with Gasteiger partial charge in [-0.05, 0) is 60.7 Å². The summed E-state index contributed by atoms with van der Waals surface area (Å²) in [6.45, 7) is 0.271. The number of rotatable bonds is 4. The Hall–Kier alpha value is -2.51. The van der Waals surface area contributed by atoms with Gasteiger partial charge in [-0.15, -0.1) is 0 Å². The Balaban J connectivity index is 1.56. The summed E-state index contributed by atoms with van der Waals surface area (Å²) in [6.07, 6.45) is 0. The summed E-state index contributed by atoms with van der Waals surface area (Å²) in [5, 5.41) is 10.8. The lowest BCUT2D eigenvalue weighted by Gasteiger charge is -2.08. The van der Waals surface area contributed by atoms with E-state index >= 15 is 0 Å². The van der Waals surface area contributed by atoms with Crippen LogP contribution in [0.5, 0.6) is 0 Å². The molecule has 122 valence electrons. The van der Waals surface area contributed by atoms with Gasteiger partial charge >= 0.3 is 0 Å². The molecule has 2 aromatic carbocycles. The molecule has 0 saturated carbocycles. The molecule has 0 spiro atoms. The number of nitrogens with one attached hydrogen (secondary N) is 2. The Labute approximate surface area is 147 Å². The summed E-state index contributed by atoms with van der Waals surface area (Å²) in [4.78, 5) is 4.28. The van der Waals surface area contributed by atoms with Crippen LogP contribution in [-0.2, 0) is 6.54 Å². The van der Waals surface area contributed by atoms with E-state index in [-0.39, 0.29) is 12.4 Å². The zero-order valence-corrected chi connectivity index (χ0v) is 13.9. The van der Waals surface area contributed by atoms with Crippen LogP contribution in [0.1, 0.15) is 5.89 Å². The van der Waals surface area contributed by atoms with Crippen LogP contribution < -0.4 is 10.6 Å². The molecule has 0 aliphatic rings. The van der Waals surface area contributed by atoms with Crippen LogP contribution >= 0.6 is 23.8 Å². The van der Waals surface area contributed by atoms with Crippen LogP contribution in [0.3, 0.4) is 0 Å². The molecule has 0 aliphatic carbocycles. The molecule has 0 unspecified atom stereocenters. The minimum absolute atomic E-state index is 0.271. The molecule has 1 heterocycles. The van der Waals surface area contributed by atoms with Crippen LogP contribution in [0, 0.1) is 5.82 Å². The highest BCUT2D eigenvalue weighted by molar-refractivity contribution is 7.80. The summed E-state index contributed by atoms with van der Waals surface area (Å²) in [5.41, 5.74) is 1.49. The molecule has 5 nitrogen and oxygen atoms in total. The van der Waals surface area contributed by atoms with Crippen molar-refractivity contribution < 1.29 is 8.91 Å². The van der Waals surface area contributed by atoms with Gasteiger partial charge in [0.15, 0.2) is 5.11 Å². The van der Waals surface area contributed by atoms with Gasteiger partial charge in [-0.25, -0.2) is 4.39 Å². The van der Waals surface area contributed by atoms with Gasteiger partial charge in [-0.2, -0.15) is 4.98 Å². The number of hydrogen-bond donors (Lipinski definition) is 2. The first-order chi connectivity index (χ1) is 11.6. The standard InChI is InChI=1S/C16H12ClFN4OS/c17-11-3-1-10(2-4-11)15-21-14(23-22-15)9-19-16(24)20-13-7-5-12(18)6-8-13/h1-8H,9H2,(H2,19,20,24). The molecule has 0 fully saturated rings. The smallest absolute Gasteiger partial charge is 0.246 e. The zero-order valence-electron chi connectivity index (χ0n) is 12.3. The van der Waals surface area contributed by atoms with Crippen LogP contribution in [0.2, 0.25) is 5.02 Å². The van der Waals surface area contributed by atoms with E-state index in [4.69, 9.17) is 28.3 Å². The summed E-state index contributed by atoms with van der Waals surface area (Å²) >= 11 is 11.0. The predicted octanol–water partition coefficient (Wildman–Crippen LogP) is 4.02. The van der Waals surface area contributed by atoms with Crippen molar-refractivity contribution in [3.8, 4) is 11.4 Å². The topological polar surface area (TPSA) is 63.0 Å². The van der Waals surface area contributed by atoms with Crippen molar-refractivity contribution in [1.82, 2.24) is 15.5 Å². The molecule has 0 atom stereocenters. The molecule has 2 N–H and O–H groups in total. The largest absolute Gasteiger partial charge is 0.353 e. The van der Waals surface area contributed by atoms with E-state index in [1.807, 2.05) is 12.1 Å². The van der Waals surface area contributed by atoms with Crippen LogP contribution in [0.15, 0.2) is 53.1 Å². The summed E-state index contributed by atoms with van der Waals surface area (Å²) in [6, 6.07) is 13.0. The first kappa shape index (κ1) is 16.4. The fraction of sp³-hybridized carbons (Fsp3) is 0.0625. The minimum atomic E-state index is -0.306. The number of aromatic nitrogens is 2. The van der Waals surface area contributed by atoms with Crippen LogP contribution in [-0.4, -0.2) is 15.3 Å². The second-order valence-corrected chi connectivity index (χ2v) is 5.68. The maximum Gasteiger partial charge on any atom is 0.246 e. The third kappa shape index (κ3) is 4.27. The molecular weight excluding hydrogens is 351 g/mol. The summed E-state index contributed by atoms with van der Waals surface area (Å²) < 4.78 is 18.0. The Morgan fingerprint density at radius 1 is 1.12 bits per heavy atom. The monoisotopic (exact) mass is 362 g/mol. The van der Waals surface area contributed by atoms with E-state index in [1.54, 1.807) is 24.3 Å². The first-order valence-electron chi connectivity index (χ1n) is 6.99. The van der Waals surface area contributed by atoms with Gasteiger partial charge in [-0.3, -0.25) is 0 Å². The normalized spacial score (nSPS) is 10.4. The minimum Gasteiger partial charge on any atom is -0.353 e. The molecule has 24 heavy (non-hydrogen) atoms. The third-order valence-corrected chi connectivity index (χ3v) is 3.57. The van der Waals surface area contributed by atoms with Crippen LogP contribution in [0.4, 0.5) is 10.1 Å². The summed E-state index contributed by atoms with van der Waals surface area (Å²) in [5.74, 6) is 0.559. The Bertz CT molecular complexity index is 836. The van der Waals surface area contributed by atoms with Crippen molar-refractivity contribution in [2.45, 2.75) is 6.54 Å². The maximum atomic E-state index is 12.8. The second kappa shape index (κ2) is 7.37. The van der Waals surface area contributed by atoms with Gasteiger partial charge in [-0.1, -0.05) is 16.8 Å². The quantitative estimate of drug-likeness (QED) is 0.684. The Morgan fingerprint density at radius 2 is 1.83 bits per heavy atom. The van der Waals surface area contributed by atoms with Crippen molar-refractivity contribution in [2.24, 2.45) is 0 Å². The van der Waals surface area contributed by atoms with Gasteiger partial charge in [0.25, 0.3) is 0 Å². The lowest BCUT2D eigenvalue weighted by atomic mass is 10.2. The van der Waals surface area contributed by atoms with E-state index in [0.29, 0.717) is 27.5 Å². The number of halogens is 2. The van der Waals surface area contributed by atoms with Crippen molar-refractivity contribution in [3.05, 3.63) is 65.3 Å². The van der Waals surface area contributed by atoms with Crippen molar-refractivity contribution >= 4 is 34.6 Å². The number of anilines is 1. The summed E-state index contributed by atoms with van der Waals surface area (Å²) in [7, 11) is 0. The highest BCUT2D eigenvalue weighted by Gasteiger charge is 2.09. The molecule has 3 aromatic rings. The molecule has 0 radical (unpaired) electrons. The number of hydrogen-bond acceptors (Lipinski definition) is 4. The molecule has 0 aliphatic heterocycles. The average molecular weight is 363 g/mol. The Morgan fingerprint density at radius 3 is 2.54 bits per heavy atom. The molecule has 3 rings (SSSR count). The van der Waals surface area contributed by atoms with Gasteiger partial charge in [0.2, 0.25) is 11.7 Å². The predicted molar refractivity (Wildman–Crippen MR) is 94.2 cm³/mol. The van der Waals surface area contributed by atoms with E-state index in [9.17, 15) is 4.39 Å². The molecule has 8 heteroatoms. The Kier molecular flexibility index (Phi) is 5.02. The lowest BCUT2D eigenvalue weighted by molar-refractivity contribution is 0.376. The van der Waals surface area contributed by atoms with Crippen molar-refractivity contribution in [3.63, 3.8) is 0 Å². The third-order valence-electron chi connectivity index (χ3n) is 3.07. The maximum absolute atomic E-state index is 12.8. The average Bonchev–Trinajstić information content (AvgIpc) is 3.05. The van der Waals surface area contributed by atoms with Crippen LogP contribution in [0.25, 0.3) is 11.4 Å². The van der Waals surface area contributed by atoms with Gasteiger partial charge in [0.05, 0.1) is 6.54 Å². The van der Waals surface area contributed by atoms with Gasteiger partial charge in [0, 0.05) is 16.3 Å². The zero-order chi connectivity index (χ0) is 16.9. The highest BCUT2D eigenvalue weighted by atomic mass is 35.5.